The van der Waals surface area contributed by atoms with Gasteiger partial charge in [0.1, 0.15) is 5.82 Å². The van der Waals surface area contributed by atoms with Gasteiger partial charge in [-0.25, -0.2) is 4.39 Å². The van der Waals surface area contributed by atoms with E-state index in [1.165, 1.54) is 38.5 Å². The van der Waals surface area contributed by atoms with Crippen LogP contribution in [0.3, 0.4) is 0 Å². The van der Waals surface area contributed by atoms with Crippen molar-refractivity contribution in [2.45, 2.75) is 51.4 Å². The molecule has 0 unspecified atom stereocenters. The first-order valence-corrected chi connectivity index (χ1v) is 8.11. The molecule has 0 atom stereocenters. The van der Waals surface area contributed by atoms with Gasteiger partial charge in [-0.1, -0.05) is 17.7 Å². The maximum absolute atomic E-state index is 13.5. The molecule has 0 N–H and O–H groups in total. The minimum Gasteiger partial charge on any atom is -0.382 e. The smallest absolute Gasteiger partial charge is 0.142 e. The van der Waals surface area contributed by atoms with E-state index >= 15 is 0 Å². The monoisotopic (exact) mass is 298 g/mol. The summed E-state index contributed by atoms with van der Waals surface area (Å²) in [4.78, 5) is 0. The van der Waals surface area contributed by atoms with Crippen LogP contribution in [0.4, 0.5) is 4.39 Å². The third-order valence-corrected chi connectivity index (χ3v) is 4.67. The molecule has 2 rings (SSSR count). The Bertz CT molecular complexity index is 413. The average molecular weight is 299 g/mol. The topological polar surface area (TPSA) is 9.23 Å². The Kier molecular flexibility index (Phi) is 6.31. The van der Waals surface area contributed by atoms with Crippen LogP contribution < -0.4 is 0 Å². The van der Waals surface area contributed by atoms with E-state index in [1.54, 1.807) is 12.1 Å². The van der Waals surface area contributed by atoms with E-state index in [9.17, 15) is 4.39 Å². The number of hydrogen-bond donors (Lipinski definition) is 0. The Morgan fingerprint density at radius 2 is 2.00 bits per heavy atom. The Morgan fingerprint density at radius 1 is 1.25 bits per heavy atom. The van der Waals surface area contributed by atoms with Crippen molar-refractivity contribution in [3.05, 3.63) is 34.6 Å². The van der Waals surface area contributed by atoms with Crippen LogP contribution >= 0.6 is 11.6 Å². The highest BCUT2D eigenvalue weighted by Crippen LogP contribution is 2.38. The molecule has 0 saturated heterocycles. The number of halogens is 2. The zero-order valence-electron chi connectivity index (χ0n) is 12.2. The predicted molar refractivity (Wildman–Crippen MR) is 81.8 cm³/mol. The van der Waals surface area contributed by atoms with Crippen molar-refractivity contribution in [3.8, 4) is 0 Å². The summed E-state index contributed by atoms with van der Waals surface area (Å²) in [6.07, 6.45) is 7.27. The summed E-state index contributed by atoms with van der Waals surface area (Å²) < 4.78 is 18.9. The molecule has 20 heavy (non-hydrogen) atoms. The fourth-order valence-corrected chi connectivity index (χ4v) is 3.29. The summed E-state index contributed by atoms with van der Waals surface area (Å²) in [6, 6.07) is 5.27. The zero-order valence-corrected chi connectivity index (χ0v) is 13.0. The van der Waals surface area contributed by atoms with Gasteiger partial charge in [-0.05, 0) is 75.0 Å². The Labute approximate surface area is 126 Å². The fraction of sp³-hybridized carbons (Fsp3) is 0.647. The molecule has 1 saturated carbocycles. The Hall–Kier alpha value is -0.600. The van der Waals surface area contributed by atoms with Crippen LogP contribution in [0.15, 0.2) is 18.2 Å². The summed E-state index contributed by atoms with van der Waals surface area (Å²) >= 11 is 5.74. The number of rotatable bonds is 6. The van der Waals surface area contributed by atoms with Crippen LogP contribution in [0.1, 0.15) is 56.9 Å². The van der Waals surface area contributed by atoms with Crippen molar-refractivity contribution < 1.29 is 9.13 Å². The fourth-order valence-electron chi connectivity index (χ4n) is 3.17. The van der Waals surface area contributed by atoms with E-state index in [0.717, 1.165) is 24.7 Å². The van der Waals surface area contributed by atoms with Crippen LogP contribution in [0.25, 0.3) is 0 Å². The van der Waals surface area contributed by atoms with E-state index in [-0.39, 0.29) is 10.8 Å². The second kappa shape index (κ2) is 7.99. The van der Waals surface area contributed by atoms with Crippen molar-refractivity contribution >= 4 is 11.6 Å². The van der Waals surface area contributed by atoms with Gasteiger partial charge in [-0.3, -0.25) is 0 Å². The predicted octanol–water partition coefficient (Wildman–Crippen LogP) is 5.57. The summed E-state index contributed by atoms with van der Waals surface area (Å²) in [5, 5.41) is 0.221. The SMILES string of the molecule is CCOCCCC1CCC(c2ccc(Cl)c(F)c2)CC1. The third-order valence-electron chi connectivity index (χ3n) is 4.37. The normalized spacial score (nSPS) is 22.9. The highest BCUT2D eigenvalue weighted by atomic mass is 35.5. The first-order chi connectivity index (χ1) is 9.70. The molecule has 1 aliphatic rings. The van der Waals surface area contributed by atoms with Crippen molar-refractivity contribution in [2.75, 3.05) is 13.2 Å². The van der Waals surface area contributed by atoms with E-state index in [1.807, 2.05) is 13.0 Å². The van der Waals surface area contributed by atoms with E-state index in [2.05, 4.69) is 0 Å². The second-order valence-corrected chi connectivity index (χ2v) is 6.14. The standard InChI is InChI=1S/C17H24ClFO/c1-2-20-11-3-4-13-5-7-14(8-6-13)15-9-10-16(18)17(19)12-15/h9-10,12-14H,2-8,11H2,1H3. The quantitative estimate of drug-likeness (QED) is 0.624. The molecule has 1 nitrogen and oxygen atoms in total. The van der Waals surface area contributed by atoms with Crippen LogP contribution in [0.2, 0.25) is 5.02 Å². The lowest BCUT2D eigenvalue weighted by Gasteiger charge is -2.29. The average Bonchev–Trinajstić information content (AvgIpc) is 2.47. The van der Waals surface area contributed by atoms with Gasteiger partial charge in [-0.2, -0.15) is 0 Å². The van der Waals surface area contributed by atoms with E-state index in [0.29, 0.717) is 5.92 Å². The van der Waals surface area contributed by atoms with Gasteiger partial charge in [0.25, 0.3) is 0 Å². The van der Waals surface area contributed by atoms with E-state index < -0.39 is 0 Å². The highest BCUT2D eigenvalue weighted by molar-refractivity contribution is 6.30. The van der Waals surface area contributed by atoms with Crippen LogP contribution in [0, 0.1) is 11.7 Å². The molecular formula is C17H24ClFO. The van der Waals surface area contributed by atoms with Crippen LogP contribution in [0.5, 0.6) is 0 Å². The van der Waals surface area contributed by atoms with Crippen molar-refractivity contribution in [1.29, 1.82) is 0 Å². The zero-order chi connectivity index (χ0) is 14.4. The number of hydrogen-bond acceptors (Lipinski definition) is 1. The Morgan fingerprint density at radius 3 is 2.65 bits per heavy atom. The first kappa shape index (κ1) is 15.8. The molecule has 0 heterocycles. The molecular weight excluding hydrogens is 275 g/mol. The molecule has 3 heteroatoms. The van der Waals surface area contributed by atoms with Crippen LogP contribution in [-0.4, -0.2) is 13.2 Å². The lowest BCUT2D eigenvalue weighted by molar-refractivity contribution is 0.136. The highest BCUT2D eigenvalue weighted by Gasteiger charge is 2.22. The van der Waals surface area contributed by atoms with Gasteiger partial charge >= 0.3 is 0 Å². The summed E-state index contributed by atoms with van der Waals surface area (Å²) in [6.45, 7) is 3.74. The lowest BCUT2D eigenvalue weighted by Crippen LogP contribution is -2.14. The van der Waals surface area contributed by atoms with Gasteiger partial charge in [0.05, 0.1) is 5.02 Å². The van der Waals surface area contributed by atoms with Gasteiger partial charge in [-0.15, -0.1) is 0 Å². The van der Waals surface area contributed by atoms with E-state index in [4.69, 9.17) is 16.3 Å². The summed E-state index contributed by atoms with van der Waals surface area (Å²) in [5.74, 6) is 1.04. The second-order valence-electron chi connectivity index (χ2n) is 5.73. The molecule has 0 bridgehead atoms. The van der Waals surface area contributed by atoms with Crippen LogP contribution in [-0.2, 0) is 4.74 Å². The largest absolute Gasteiger partial charge is 0.382 e. The Balaban J connectivity index is 1.77. The van der Waals surface area contributed by atoms with Gasteiger partial charge in [0, 0.05) is 13.2 Å². The molecule has 1 aromatic carbocycles. The molecule has 0 spiro atoms. The minimum absolute atomic E-state index is 0.221. The molecule has 1 aliphatic carbocycles. The minimum atomic E-state index is -0.289. The number of benzene rings is 1. The molecule has 1 aromatic rings. The van der Waals surface area contributed by atoms with Crippen molar-refractivity contribution in [2.24, 2.45) is 5.92 Å². The lowest BCUT2D eigenvalue weighted by atomic mass is 9.77. The first-order valence-electron chi connectivity index (χ1n) is 7.73. The van der Waals surface area contributed by atoms with Gasteiger partial charge in [0.15, 0.2) is 0 Å². The molecule has 0 aliphatic heterocycles. The third kappa shape index (κ3) is 4.46. The van der Waals surface area contributed by atoms with Crippen molar-refractivity contribution in [1.82, 2.24) is 0 Å². The summed E-state index contributed by atoms with van der Waals surface area (Å²) in [7, 11) is 0. The van der Waals surface area contributed by atoms with Crippen molar-refractivity contribution in [3.63, 3.8) is 0 Å². The summed E-state index contributed by atoms with van der Waals surface area (Å²) in [5.41, 5.74) is 1.11. The molecule has 1 fully saturated rings. The molecule has 0 radical (unpaired) electrons. The number of ether oxygens (including phenoxy) is 1. The maximum Gasteiger partial charge on any atom is 0.142 e. The molecule has 0 amide bonds. The van der Waals surface area contributed by atoms with Gasteiger partial charge in [0.2, 0.25) is 0 Å². The molecule has 0 aromatic heterocycles. The molecule has 112 valence electrons. The van der Waals surface area contributed by atoms with Gasteiger partial charge < -0.3 is 4.74 Å². The maximum atomic E-state index is 13.5.